The van der Waals surface area contributed by atoms with Gasteiger partial charge in [0.1, 0.15) is 6.04 Å². The zero-order chi connectivity index (χ0) is 9.40. The summed E-state index contributed by atoms with van der Waals surface area (Å²) in [5.41, 5.74) is 4.95. The van der Waals surface area contributed by atoms with Gasteiger partial charge in [0.25, 0.3) is 0 Å². The summed E-state index contributed by atoms with van der Waals surface area (Å²) in [6.07, 6.45) is 1.76. The molecule has 0 aromatic carbocycles. The Morgan fingerprint density at radius 2 is 2.25 bits per heavy atom. The molecule has 4 nitrogen and oxygen atoms in total. The SMILES string of the molecule is NC(=O)C(CCCCF)NC=O. The Kier molecular flexibility index (Phi) is 5.95. The second-order valence-electron chi connectivity index (χ2n) is 2.42. The maximum atomic E-state index is 11.6. The molecule has 0 aliphatic carbocycles. The molecule has 0 aliphatic heterocycles. The average molecular weight is 176 g/mol. The first-order valence-electron chi connectivity index (χ1n) is 3.77. The fourth-order valence-corrected chi connectivity index (χ4v) is 0.833. The zero-order valence-corrected chi connectivity index (χ0v) is 6.75. The fourth-order valence-electron chi connectivity index (χ4n) is 0.833. The van der Waals surface area contributed by atoms with E-state index in [9.17, 15) is 14.0 Å². The van der Waals surface area contributed by atoms with Crippen molar-refractivity contribution in [3.63, 3.8) is 0 Å². The van der Waals surface area contributed by atoms with Crippen LogP contribution in [0.5, 0.6) is 0 Å². The Morgan fingerprint density at radius 1 is 1.58 bits per heavy atom. The third kappa shape index (κ3) is 4.65. The van der Waals surface area contributed by atoms with Crippen LogP contribution >= 0.6 is 0 Å². The van der Waals surface area contributed by atoms with Gasteiger partial charge in [-0.1, -0.05) is 0 Å². The zero-order valence-electron chi connectivity index (χ0n) is 6.75. The Balaban J connectivity index is 3.63. The van der Waals surface area contributed by atoms with Crippen LogP contribution in [0.2, 0.25) is 0 Å². The van der Waals surface area contributed by atoms with Crippen LogP contribution in [-0.4, -0.2) is 25.0 Å². The van der Waals surface area contributed by atoms with E-state index in [0.29, 0.717) is 25.7 Å². The molecule has 3 N–H and O–H groups in total. The molecule has 0 rings (SSSR count). The summed E-state index contributed by atoms with van der Waals surface area (Å²) in [5.74, 6) is -0.582. The Bertz CT molecular complexity index is 152. The predicted octanol–water partition coefficient (Wildman–Crippen LogP) is -0.274. The molecule has 12 heavy (non-hydrogen) atoms. The first-order valence-corrected chi connectivity index (χ1v) is 3.77. The van der Waals surface area contributed by atoms with E-state index >= 15 is 0 Å². The molecule has 0 saturated heterocycles. The standard InChI is InChI=1S/C7H13FN2O2/c8-4-2-1-3-6(7(9)12)10-5-11/h5-6H,1-4H2,(H2,9,12)(H,10,11). The lowest BCUT2D eigenvalue weighted by Gasteiger charge is -2.10. The highest BCUT2D eigenvalue weighted by molar-refractivity contribution is 5.81. The summed E-state index contributed by atoms with van der Waals surface area (Å²) in [5, 5.41) is 2.26. The largest absolute Gasteiger partial charge is 0.368 e. The number of carbonyl (C=O) groups is 2. The lowest BCUT2D eigenvalue weighted by Crippen LogP contribution is -2.40. The predicted molar refractivity (Wildman–Crippen MR) is 42.0 cm³/mol. The van der Waals surface area contributed by atoms with Crippen molar-refractivity contribution in [1.29, 1.82) is 0 Å². The van der Waals surface area contributed by atoms with Gasteiger partial charge in [0, 0.05) is 0 Å². The van der Waals surface area contributed by atoms with E-state index in [4.69, 9.17) is 5.73 Å². The molecule has 0 spiro atoms. The van der Waals surface area contributed by atoms with E-state index in [1.165, 1.54) is 0 Å². The first-order chi connectivity index (χ1) is 5.72. The number of nitrogens with one attached hydrogen (secondary N) is 1. The van der Waals surface area contributed by atoms with Crippen LogP contribution < -0.4 is 11.1 Å². The lowest BCUT2D eigenvalue weighted by atomic mass is 10.1. The number of halogens is 1. The van der Waals surface area contributed by atoms with Gasteiger partial charge in [-0.2, -0.15) is 0 Å². The Hall–Kier alpha value is -1.13. The van der Waals surface area contributed by atoms with Crippen molar-refractivity contribution in [3.05, 3.63) is 0 Å². The highest BCUT2D eigenvalue weighted by atomic mass is 19.1. The fraction of sp³-hybridized carbons (Fsp3) is 0.714. The molecule has 0 saturated carbocycles. The van der Waals surface area contributed by atoms with E-state index < -0.39 is 18.6 Å². The third-order valence-electron chi connectivity index (χ3n) is 1.49. The number of carbonyl (C=O) groups excluding carboxylic acids is 2. The minimum Gasteiger partial charge on any atom is -0.368 e. The minimum absolute atomic E-state index is 0.393. The number of unbranched alkanes of at least 4 members (excludes halogenated alkanes) is 1. The van der Waals surface area contributed by atoms with Crippen LogP contribution in [-0.2, 0) is 9.59 Å². The van der Waals surface area contributed by atoms with Crippen LogP contribution in [0, 0.1) is 0 Å². The molecular weight excluding hydrogens is 163 g/mol. The van der Waals surface area contributed by atoms with Gasteiger partial charge < -0.3 is 11.1 Å². The van der Waals surface area contributed by atoms with Gasteiger partial charge in [-0.05, 0) is 19.3 Å². The van der Waals surface area contributed by atoms with Gasteiger partial charge in [-0.15, -0.1) is 0 Å². The number of hydrogen-bond donors (Lipinski definition) is 2. The van der Waals surface area contributed by atoms with Gasteiger partial charge in [0.05, 0.1) is 6.67 Å². The van der Waals surface area contributed by atoms with Crippen molar-refractivity contribution in [2.75, 3.05) is 6.67 Å². The highest BCUT2D eigenvalue weighted by Crippen LogP contribution is 2.00. The maximum Gasteiger partial charge on any atom is 0.239 e. The lowest BCUT2D eigenvalue weighted by molar-refractivity contribution is -0.122. The average Bonchev–Trinajstić information content (AvgIpc) is 2.03. The second kappa shape index (κ2) is 6.57. The van der Waals surface area contributed by atoms with Gasteiger partial charge in [-0.25, -0.2) is 0 Å². The smallest absolute Gasteiger partial charge is 0.239 e. The molecule has 0 aromatic rings. The van der Waals surface area contributed by atoms with Crippen LogP contribution in [0.1, 0.15) is 19.3 Å². The molecule has 0 aromatic heterocycles. The molecule has 2 amide bonds. The molecule has 1 atom stereocenters. The van der Waals surface area contributed by atoms with E-state index in [1.54, 1.807) is 0 Å². The van der Waals surface area contributed by atoms with E-state index in [2.05, 4.69) is 5.32 Å². The molecule has 70 valence electrons. The third-order valence-corrected chi connectivity index (χ3v) is 1.49. The van der Waals surface area contributed by atoms with Crippen molar-refractivity contribution in [2.24, 2.45) is 5.73 Å². The van der Waals surface area contributed by atoms with Gasteiger partial charge in [0.15, 0.2) is 0 Å². The molecule has 0 bridgehead atoms. The number of primary amides is 1. The second-order valence-corrected chi connectivity index (χ2v) is 2.42. The van der Waals surface area contributed by atoms with Crippen molar-refractivity contribution in [1.82, 2.24) is 5.32 Å². The number of alkyl halides is 1. The summed E-state index contributed by atoms with van der Waals surface area (Å²) in [6.45, 7) is -0.410. The molecule has 5 heteroatoms. The summed E-state index contributed by atoms with van der Waals surface area (Å²) in [6, 6.07) is -0.658. The summed E-state index contributed by atoms with van der Waals surface area (Å²) in [7, 11) is 0. The minimum atomic E-state index is -0.658. The van der Waals surface area contributed by atoms with Crippen LogP contribution in [0.25, 0.3) is 0 Å². The first kappa shape index (κ1) is 10.9. The van der Waals surface area contributed by atoms with E-state index in [-0.39, 0.29) is 0 Å². The normalized spacial score (nSPS) is 12.1. The van der Waals surface area contributed by atoms with Crippen LogP contribution in [0.3, 0.4) is 0 Å². The van der Waals surface area contributed by atoms with Crippen LogP contribution in [0.4, 0.5) is 4.39 Å². The monoisotopic (exact) mass is 176 g/mol. The van der Waals surface area contributed by atoms with Crippen molar-refractivity contribution >= 4 is 12.3 Å². The van der Waals surface area contributed by atoms with Gasteiger partial charge in [0.2, 0.25) is 12.3 Å². The highest BCUT2D eigenvalue weighted by Gasteiger charge is 2.12. The maximum absolute atomic E-state index is 11.6. The van der Waals surface area contributed by atoms with E-state index in [0.717, 1.165) is 0 Å². The Labute approximate surface area is 70.3 Å². The topological polar surface area (TPSA) is 72.2 Å². The number of hydrogen-bond acceptors (Lipinski definition) is 2. The number of rotatable bonds is 7. The van der Waals surface area contributed by atoms with Crippen molar-refractivity contribution < 1.29 is 14.0 Å². The summed E-state index contributed by atoms with van der Waals surface area (Å²) >= 11 is 0. The van der Waals surface area contributed by atoms with Crippen LogP contribution in [0.15, 0.2) is 0 Å². The molecule has 0 radical (unpaired) electrons. The molecular formula is C7H13FN2O2. The number of amides is 2. The Morgan fingerprint density at radius 3 is 2.67 bits per heavy atom. The summed E-state index contributed by atoms with van der Waals surface area (Å²) in [4.78, 5) is 20.6. The quantitative estimate of drug-likeness (QED) is 0.414. The molecule has 1 unspecified atom stereocenters. The van der Waals surface area contributed by atoms with Crippen molar-refractivity contribution in [2.45, 2.75) is 25.3 Å². The van der Waals surface area contributed by atoms with E-state index in [1.807, 2.05) is 0 Å². The molecule has 0 aliphatic rings. The molecule has 0 heterocycles. The van der Waals surface area contributed by atoms with Gasteiger partial charge in [-0.3, -0.25) is 14.0 Å². The van der Waals surface area contributed by atoms with Gasteiger partial charge >= 0.3 is 0 Å². The summed E-state index contributed by atoms with van der Waals surface area (Å²) < 4.78 is 11.6. The van der Waals surface area contributed by atoms with Crippen molar-refractivity contribution in [3.8, 4) is 0 Å². The number of nitrogens with two attached hydrogens (primary N) is 1. The molecule has 0 fully saturated rings.